The molecule has 96 valence electrons. The summed E-state index contributed by atoms with van der Waals surface area (Å²) < 4.78 is 0. The van der Waals surface area contributed by atoms with E-state index in [-0.39, 0.29) is 6.04 Å². The summed E-state index contributed by atoms with van der Waals surface area (Å²) in [4.78, 5) is 17.1. The molecule has 0 aromatic heterocycles. The van der Waals surface area contributed by atoms with Crippen LogP contribution in [-0.2, 0) is 4.79 Å². The Bertz CT molecular complexity index is 307. The Balaban J connectivity index is 1.62. The van der Waals surface area contributed by atoms with Crippen molar-refractivity contribution < 1.29 is 4.79 Å². The Morgan fingerprint density at radius 2 is 2.12 bits per heavy atom. The summed E-state index contributed by atoms with van der Waals surface area (Å²) in [5.74, 6) is 0.852. The van der Waals surface area contributed by atoms with Gasteiger partial charge in [0.1, 0.15) is 0 Å². The first-order valence-electron chi connectivity index (χ1n) is 7.02. The van der Waals surface area contributed by atoms with Gasteiger partial charge >= 0.3 is 0 Å². The molecule has 1 N–H and O–H groups in total. The van der Waals surface area contributed by atoms with E-state index in [1.807, 2.05) is 0 Å². The third kappa shape index (κ3) is 2.08. The van der Waals surface area contributed by atoms with E-state index < -0.39 is 0 Å². The number of nitrogens with zero attached hydrogens (tertiary/aromatic N) is 2. The molecule has 0 saturated carbocycles. The van der Waals surface area contributed by atoms with Crippen LogP contribution in [0.15, 0.2) is 0 Å². The highest BCUT2D eigenvalue weighted by molar-refractivity contribution is 5.82. The maximum atomic E-state index is 12.4. The Kier molecular flexibility index (Phi) is 3.09. The number of fused-ring (bicyclic) bond motifs is 1. The third-order valence-corrected chi connectivity index (χ3v) is 4.70. The zero-order valence-corrected chi connectivity index (χ0v) is 10.7. The fraction of sp³-hybridized carbons (Fsp3) is 0.923. The number of amides is 1. The van der Waals surface area contributed by atoms with Crippen LogP contribution in [0, 0.1) is 5.92 Å². The molecule has 0 aliphatic carbocycles. The van der Waals surface area contributed by atoms with Crippen LogP contribution in [0.3, 0.4) is 0 Å². The van der Waals surface area contributed by atoms with Crippen molar-refractivity contribution in [3.63, 3.8) is 0 Å². The molecule has 3 aliphatic rings. The SMILES string of the molecule is CC1CCNC1C(=O)N1CCN2CCCC2C1. The van der Waals surface area contributed by atoms with E-state index >= 15 is 0 Å². The Morgan fingerprint density at radius 1 is 1.24 bits per heavy atom. The molecule has 0 aromatic rings. The minimum atomic E-state index is 0.0861. The first kappa shape index (κ1) is 11.5. The van der Waals surface area contributed by atoms with Crippen molar-refractivity contribution in [1.82, 2.24) is 15.1 Å². The average Bonchev–Trinajstić information content (AvgIpc) is 2.95. The number of carbonyl (C=O) groups is 1. The maximum Gasteiger partial charge on any atom is 0.240 e. The normalized spacial score (nSPS) is 38.4. The molecule has 3 saturated heterocycles. The molecule has 0 radical (unpaired) electrons. The molecule has 1 amide bonds. The third-order valence-electron chi connectivity index (χ3n) is 4.70. The minimum Gasteiger partial charge on any atom is -0.338 e. The molecule has 0 bridgehead atoms. The Labute approximate surface area is 103 Å². The van der Waals surface area contributed by atoms with Gasteiger partial charge < -0.3 is 10.2 Å². The van der Waals surface area contributed by atoms with Crippen LogP contribution in [0.4, 0.5) is 0 Å². The summed E-state index contributed by atoms with van der Waals surface area (Å²) >= 11 is 0. The first-order chi connectivity index (χ1) is 8.25. The molecule has 0 aromatic carbocycles. The quantitative estimate of drug-likeness (QED) is 0.712. The maximum absolute atomic E-state index is 12.4. The molecule has 0 spiro atoms. The summed E-state index contributed by atoms with van der Waals surface area (Å²) in [6.07, 6.45) is 3.72. The summed E-state index contributed by atoms with van der Waals surface area (Å²) in [7, 11) is 0. The highest BCUT2D eigenvalue weighted by Gasteiger charge is 2.37. The van der Waals surface area contributed by atoms with Crippen LogP contribution >= 0.6 is 0 Å². The van der Waals surface area contributed by atoms with E-state index in [0.29, 0.717) is 17.9 Å². The van der Waals surface area contributed by atoms with Gasteiger partial charge in [0.25, 0.3) is 0 Å². The number of rotatable bonds is 1. The highest BCUT2D eigenvalue weighted by atomic mass is 16.2. The monoisotopic (exact) mass is 237 g/mol. The van der Waals surface area contributed by atoms with Crippen LogP contribution < -0.4 is 5.32 Å². The van der Waals surface area contributed by atoms with Crippen molar-refractivity contribution in [1.29, 1.82) is 0 Å². The molecule has 3 aliphatic heterocycles. The van der Waals surface area contributed by atoms with Gasteiger partial charge in [-0.15, -0.1) is 0 Å². The van der Waals surface area contributed by atoms with Crippen LogP contribution in [0.5, 0.6) is 0 Å². The van der Waals surface area contributed by atoms with Gasteiger partial charge in [-0.05, 0) is 38.3 Å². The topological polar surface area (TPSA) is 35.6 Å². The number of nitrogens with one attached hydrogen (secondary N) is 1. The Hall–Kier alpha value is -0.610. The van der Waals surface area contributed by atoms with Crippen molar-refractivity contribution in [2.75, 3.05) is 32.7 Å². The van der Waals surface area contributed by atoms with E-state index in [9.17, 15) is 4.79 Å². The largest absolute Gasteiger partial charge is 0.338 e. The van der Waals surface area contributed by atoms with Gasteiger partial charge in [-0.1, -0.05) is 6.92 Å². The lowest BCUT2D eigenvalue weighted by Gasteiger charge is -2.39. The summed E-state index contributed by atoms with van der Waals surface area (Å²) in [6.45, 7) is 7.40. The van der Waals surface area contributed by atoms with E-state index in [2.05, 4.69) is 22.0 Å². The van der Waals surface area contributed by atoms with Crippen molar-refractivity contribution in [3.05, 3.63) is 0 Å². The second kappa shape index (κ2) is 4.58. The van der Waals surface area contributed by atoms with Gasteiger partial charge in [0.05, 0.1) is 6.04 Å². The smallest absolute Gasteiger partial charge is 0.240 e. The molecule has 3 fully saturated rings. The van der Waals surface area contributed by atoms with E-state index in [4.69, 9.17) is 0 Å². The standard InChI is InChI=1S/C13H23N3O/c1-10-4-5-14-12(10)13(17)16-8-7-15-6-2-3-11(15)9-16/h10-12,14H,2-9H2,1H3. The molecule has 3 rings (SSSR count). The van der Waals surface area contributed by atoms with Gasteiger partial charge in [0.2, 0.25) is 5.91 Å². The molecule has 17 heavy (non-hydrogen) atoms. The molecule has 3 unspecified atom stereocenters. The molecular weight excluding hydrogens is 214 g/mol. The summed E-state index contributed by atoms with van der Waals surface area (Å²) in [5, 5.41) is 3.36. The second-order valence-corrected chi connectivity index (χ2v) is 5.81. The van der Waals surface area contributed by atoms with Gasteiger partial charge in [-0.3, -0.25) is 9.69 Å². The van der Waals surface area contributed by atoms with E-state index in [1.165, 1.54) is 19.4 Å². The van der Waals surface area contributed by atoms with Gasteiger partial charge in [0, 0.05) is 25.7 Å². The van der Waals surface area contributed by atoms with Crippen LogP contribution in [0.2, 0.25) is 0 Å². The van der Waals surface area contributed by atoms with E-state index in [1.54, 1.807) is 0 Å². The second-order valence-electron chi connectivity index (χ2n) is 5.81. The lowest BCUT2D eigenvalue weighted by Crippen LogP contribution is -2.56. The van der Waals surface area contributed by atoms with Gasteiger partial charge in [-0.2, -0.15) is 0 Å². The predicted octanol–water partition coefficient (Wildman–Crippen LogP) is 0.291. The lowest BCUT2D eigenvalue weighted by molar-refractivity contribution is -0.136. The summed E-state index contributed by atoms with van der Waals surface area (Å²) in [5.41, 5.74) is 0. The fourth-order valence-electron chi connectivity index (χ4n) is 3.55. The zero-order valence-electron chi connectivity index (χ0n) is 10.7. The highest BCUT2D eigenvalue weighted by Crippen LogP contribution is 2.23. The first-order valence-corrected chi connectivity index (χ1v) is 7.02. The summed E-state index contributed by atoms with van der Waals surface area (Å²) in [6, 6.07) is 0.729. The van der Waals surface area contributed by atoms with Crippen LogP contribution in [-0.4, -0.2) is 60.5 Å². The number of piperazine rings is 1. The molecular formula is C13H23N3O. The predicted molar refractivity (Wildman–Crippen MR) is 66.7 cm³/mol. The molecule has 3 heterocycles. The van der Waals surface area contributed by atoms with Crippen LogP contribution in [0.25, 0.3) is 0 Å². The van der Waals surface area contributed by atoms with Gasteiger partial charge in [0.15, 0.2) is 0 Å². The van der Waals surface area contributed by atoms with Gasteiger partial charge in [-0.25, -0.2) is 0 Å². The van der Waals surface area contributed by atoms with E-state index in [0.717, 1.165) is 32.6 Å². The van der Waals surface area contributed by atoms with Crippen molar-refractivity contribution >= 4 is 5.91 Å². The minimum absolute atomic E-state index is 0.0861. The van der Waals surface area contributed by atoms with Crippen molar-refractivity contribution in [2.24, 2.45) is 5.92 Å². The van der Waals surface area contributed by atoms with Crippen LogP contribution in [0.1, 0.15) is 26.2 Å². The molecule has 4 nitrogen and oxygen atoms in total. The lowest BCUT2D eigenvalue weighted by atomic mass is 10.0. The van der Waals surface area contributed by atoms with Crippen molar-refractivity contribution in [3.8, 4) is 0 Å². The number of hydrogen-bond donors (Lipinski definition) is 1. The Morgan fingerprint density at radius 3 is 2.88 bits per heavy atom. The number of carbonyl (C=O) groups excluding carboxylic acids is 1. The van der Waals surface area contributed by atoms with Crippen molar-refractivity contribution in [2.45, 2.75) is 38.3 Å². The average molecular weight is 237 g/mol. The fourth-order valence-corrected chi connectivity index (χ4v) is 3.55. The molecule has 4 heteroatoms. The molecule has 3 atom stereocenters. The number of hydrogen-bond acceptors (Lipinski definition) is 3. The zero-order chi connectivity index (χ0) is 11.8.